The van der Waals surface area contributed by atoms with Crippen LogP contribution in [0.5, 0.6) is 0 Å². The summed E-state index contributed by atoms with van der Waals surface area (Å²) < 4.78 is 8.06. The Hall–Kier alpha value is -2.05. The highest BCUT2D eigenvalue weighted by atomic mass is 32.2. The van der Waals surface area contributed by atoms with E-state index in [0.29, 0.717) is 0 Å². The van der Waals surface area contributed by atoms with E-state index in [4.69, 9.17) is 4.74 Å². The second kappa shape index (κ2) is 7.06. The number of benzene rings is 1. The Morgan fingerprint density at radius 2 is 2.28 bits per heavy atom. The molecule has 0 radical (unpaired) electrons. The smallest absolute Gasteiger partial charge is 0.191 e. The van der Waals surface area contributed by atoms with Crippen LogP contribution in [0.3, 0.4) is 0 Å². The third kappa shape index (κ3) is 3.37. The van der Waals surface area contributed by atoms with Crippen LogP contribution >= 0.6 is 11.8 Å². The predicted octanol–water partition coefficient (Wildman–Crippen LogP) is 4.27. The average Bonchev–Trinajstić information content (AvgIpc) is 3.33. The van der Waals surface area contributed by atoms with Crippen molar-refractivity contribution in [3.05, 3.63) is 42.6 Å². The molecule has 1 fully saturated rings. The van der Waals surface area contributed by atoms with E-state index in [0.717, 1.165) is 59.4 Å². The summed E-state index contributed by atoms with van der Waals surface area (Å²) in [7, 11) is 0. The molecule has 6 heteroatoms. The number of hydrogen-bond acceptors (Lipinski definition) is 4. The molecule has 5 nitrogen and oxygen atoms in total. The molecular weight excluding hydrogens is 332 g/mol. The van der Waals surface area contributed by atoms with Gasteiger partial charge in [0.1, 0.15) is 0 Å². The molecule has 3 aromatic rings. The maximum atomic E-state index is 5.86. The zero-order valence-corrected chi connectivity index (χ0v) is 15.2. The van der Waals surface area contributed by atoms with Crippen LogP contribution in [0.25, 0.3) is 22.3 Å². The van der Waals surface area contributed by atoms with Crippen molar-refractivity contribution in [2.24, 2.45) is 0 Å². The molecule has 0 unspecified atom stereocenters. The largest absolute Gasteiger partial charge is 0.376 e. The summed E-state index contributed by atoms with van der Waals surface area (Å²) in [5.41, 5.74) is 3.33. The van der Waals surface area contributed by atoms with Crippen molar-refractivity contribution in [1.82, 2.24) is 19.7 Å². The summed E-state index contributed by atoms with van der Waals surface area (Å²) >= 11 is 1.69. The van der Waals surface area contributed by atoms with Gasteiger partial charge in [0.25, 0.3) is 0 Å². The fraction of sp³-hybridized carbons (Fsp3) is 0.368. The Labute approximate surface area is 151 Å². The van der Waals surface area contributed by atoms with E-state index >= 15 is 0 Å². The van der Waals surface area contributed by atoms with Crippen LogP contribution in [0, 0.1) is 0 Å². The lowest BCUT2D eigenvalue weighted by Gasteiger charge is -2.14. The lowest BCUT2D eigenvalue weighted by atomic mass is 10.1. The number of para-hydroxylation sites is 1. The number of fused-ring (bicyclic) bond motifs is 1. The molecule has 0 bridgehead atoms. The van der Waals surface area contributed by atoms with Crippen LogP contribution < -0.4 is 0 Å². The Morgan fingerprint density at radius 3 is 3.08 bits per heavy atom. The van der Waals surface area contributed by atoms with Gasteiger partial charge < -0.3 is 9.72 Å². The van der Waals surface area contributed by atoms with Crippen LogP contribution in [-0.2, 0) is 11.3 Å². The zero-order chi connectivity index (χ0) is 17.2. The van der Waals surface area contributed by atoms with Crippen molar-refractivity contribution in [1.29, 1.82) is 0 Å². The molecule has 3 heterocycles. The maximum absolute atomic E-state index is 5.86. The van der Waals surface area contributed by atoms with Crippen LogP contribution in [-0.4, -0.2) is 38.2 Å². The lowest BCUT2D eigenvalue weighted by Crippen LogP contribution is -2.16. The second-order valence-electron chi connectivity index (χ2n) is 6.55. The molecule has 1 atom stereocenters. The maximum Gasteiger partial charge on any atom is 0.191 e. The highest BCUT2D eigenvalue weighted by Crippen LogP contribution is 2.31. The van der Waals surface area contributed by atoms with E-state index in [9.17, 15) is 0 Å². The number of rotatable bonds is 6. The first-order chi connectivity index (χ1) is 12.2. The number of thioether (sulfide) groups is 1. The summed E-state index contributed by atoms with van der Waals surface area (Å²) in [6.07, 6.45) is 4.48. The minimum atomic E-state index is 0.240. The molecule has 1 saturated heterocycles. The molecule has 0 amide bonds. The molecule has 1 aromatic carbocycles. The molecule has 130 valence electrons. The van der Waals surface area contributed by atoms with E-state index in [1.807, 2.05) is 19.2 Å². The standard InChI is InChI=1S/C19H22N4OS/c1-13(2)12-25-19-22-21-18(23(19)11-14-6-5-9-24-14)16-10-20-17-8-4-3-7-15(16)17/h3-4,7-8,10,14,20H,1,5-6,9,11-12H2,2H3/t14-/m1/s1. The van der Waals surface area contributed by atoms with Crippen LogP contribution in [0.2, 0.25) is 0 Å². The third-order valence-electron chi connectivity index (χ3n) is 4.40. The van der Waals surface area contributed by atoms with Crippen molar-refractivity contribution in [2.45, 2.75) is 37.6 Å². The summed E-state index contributed by atoms with van der Waals surface area (Å²) in [5, 5.41) is 11.1. The molecule has 0 aliphatic carbocycles. The Balaban J connectivity index is 1.74. The molecule has 0 spiro atoms. The first kappa shape index (κ1) is 16.4. The molecule has 25 heavy (non-hydrogen) atoms. The molecule has 1 N–H and O–H groups in total. The van der Waals surface area contributed by atoms with Crippen molar-refractivity contribution in [3.63, 3.8) is 0 Å². The van der Waals surface area contributed by atoms with Gasteiger partial charge in [0.2, 0.25) is 0 Å². The van der Waals surface area contributed by atoms with Gasteiger partial charge in [-0.25, -0.2) is 0 Å². The second-order valence-corrected chi connectivity index (χ2v) is 7.49. The number of aromatic amines is 1. The van der Waals surface area contributed by atoms with E-state index < -0.39 is 0 Å². The van der Waals surface area contributed by atoms with Crippen molar-refractivity contribution >= 4 is 22.7 Å². The molecule has 1 aliphatic heterocycles. The number of nitrogens with zero attached hydrogens (tertiary/aromatic N) is 3. The Bertz CT molecular complexity index is 892. The summed E-state index contributed by atoms with van der Waals surface area (Å²) in [4.78, 5) is 3.33. The van der Waals surface area contributed by atoms with E-state index in [1.54, 1.807) is 11.8 Å². The van der Waals surface area contributed by atoms with Crippen LogP contribution in [0.4, 0.5) is 0 Å². The van der Waals surface area contributed by atoms with Crippen molar-refractivity contribution < 1.29 is 4.74 Å². The van der Waals surface area contributed by atoms with Crippen LogP contribution in [0.1, 0.15) is 19.8 Å². The average molecular weight is 354 g/mol. The minimum absolute atomic E-state index is 0.240. The van der Waals surface area contributed by atoms with Gasteiger partial charge in [-0.1, -0.05) is 42.1 Å². The first-order valence-corrected chi connectivity index (χ1v) is 9.59. The van der Waals surface area contributed by atoms with Gasteiger partial charge in [-0.2, -0.15) is 0 Å². The monoisotopic (exact) mass is 354 g/mol. The first-order valence-electron chi connectivity index (χ1n) is 8.61. The van der Waals surface area contributed by atoms with E-state index in [1.165, 1.54) is 5.39 Å². The van der Waals surface area contributed by atoms with Crippen molar-refractivity contribution in [2.75, 3.05) is 12.4 Å². The van der Waals surface area contributed by atoms with Crippen molar-refractivity contribution in [3.8, 4) is 11.4 Å². The molecule has 2 aromatic heterocycles. The highest BCUT2D eigenvalue weighted by molar-refractivity contribution is 7.99. The summed E-state index contributed by atoms with van der Waals surface area (Å²) in [5.74, 6) is 1.74. The number of H-pyrrole nitrogens is 1. The fourth-order valence-electron chi connectivity index (χ4n) is 3.20. The summed E-state index contributed by atoms with van der Waals surface area (Å²) in [6.45, 7) is 7.67. The van der Waals surface area contributed by atoms with Gasteiger partial charge in [0.05, 0.1) is 12.6 Å². The predicted molar refractivity (Wildman–Crippen MR) is 102 cm³/mol. The Kier molecular flexibility index (Phi) is 4.63. The van der Waals surface area contributed by atoms with Gasteiger partial charge in [0, 0.05) is 35.0 Å². The van der Waals surface area contributed by atoms with Gasteiger partial charge in [-0.3, -0.25) is 4.57 Å². The molecule has 4 rings (SSSR count). The number of nitrogens with one attached hydrogen (secondary N) is 1. The van der Waals surface area contributed by atoms with E-state index in [2.05, 4.69) is 44.5 Å². The number of aromatic nitrogens is 4. The molecule has 0 saturated carbocycles. The SMILES string of the molecule is C=C(C)CSc1nnc(-c2c[nH]c3ccccc23)n1C[C@H]1CCCO1. The number of ether oxygens (including phenoxy) is 1. The molecular formula is C19H22N4OS. The quantitative estimate of drug-likeness (QED) is 0.530. The minimum Gasteiger partial charge on any atom is -0.376 e. The highest BCUT2D eigenvalue weighted by Gasteiger charge is 2.23. The Morgan fingerprint density at radius 1 is 1.40 bits per heavy atom. The summed E-state index contributed by atoms with van der Waals surface area (Å²) in [6, 6.07) is 8.29. The van der Waals surface area contributed by atoms with Gasteiger partial charge in [-0.05, 0) is 25.8 Å². The molecule has 1 aliphatic rings. The van der Waals surface area contributed by atoms with Gasteiger partial charge in [0.15, 0.2) is 11.0 Å². The van der Waals surface area contributed by atoms with Gasteiger partial charge >= 0.3 is 0 Å². The lowest BCUT2D eigenvalue weighted by molar-refractivity contribution is 0.0953. The normalized spacial score (nSPS) is 17.4. The fourth-order valence-corrected chi connectivity index (χ4v) is 3.99. The zero-order valence-electron chi connectivity index (χ0n) is 14.4. The topological polar surface area (TPSA) is 55.7 Å². The van der Waals surface area contributed by atoms with Gasteiger partial charge in [-0.15, -0.1) is 10.2 Å². The van der Waals surface area contributed by atoms with Crippen LogP contribution in [0.15, 0.2) is 47.8 Å². The number of hydrogen-bond donors (Lipinski definition) is 1. The van der Waals surface area contributed by atoms with E-state index in [-0.39, 0.29) is 6.10 Å². The third-order valence-corrected chi connectivity index (χ3v) is 5.60.